The van der Waals surface area contributed by atoms with E-state index in [1.807, 2.05) is 30.3 Å². The van der Waals surface area contributed by atoms with Gasteiger partial charge < -0.3 is 15.4 Å². The molecule has 1 aliphatic carbocycles. The largest absolute Gasteiger partial charge is 0.439 e. The van der Waals surface area contributed by atoms with Crippen LogP contribution in [0, 0.1) is 5.41 Å². The molecule has 1 saturated carbocycles. The van der Waals surface area contributed by atoms with E-state index < -0.39 is 0 Å². The first kappa shape index (κ1) is 14.0. The van der Waals surface area contributed by atoms with Gasteiger partial charge in [-0.3, -0.25) is 4.79 Å². The van der Waals surface area contributed by atoms with Gasteiger partial charge in [-0.05, 0) is 25.0 Å². The minimum Gasteiger partial charge on any atom is -0.439 e. The van der Waals surface area contributed by atoms with E-state index in [9.17, 15) is 4.79 Å². The van der Waals surface area contributed by atoms with Gasteiger partial charge in [0.25, 0.3) is 0 Å². The van der Waals surface area contributed by atoms with Gasteiger partial charge >= 0.3 is 0 Å². The van der Waals surface area contributed by atoms with Crippen molar-refractivity contribution in [2.24, 2.45) is 5.41 Å². The molecule has 6 heteroatoms. The Morgan fingerprint density at radius 1 is 1.22 bits per heavy atom. The fourth-order valence-corrected chi connectivity index (χ4v) is 3.39. The van der Waals surface area contributed by atoms with Crippen molar-refractivity contribution in [3.05, 3.63) is 42.6 Å². The first-order chi connectivity index (χ1) is 11.2. The third-order valence-electron chi connectivity index (χ3n) is 4.48. The van der Waals surface area contributed by atoms with Crippen LogP contribution in [0.2, 0.25) is 0 Å². The Morgan fingerprint density at radius 2 is 2.04 bits per heavy atom. The number of ether oxygens (including phenoxy) is 1. The van der Waals surface area contributed by atoms with Crippen molar-refractivity contribution in [3.8, 4) is 11.6 Å². The van der Waals surface area contributed by atoms with E-state index in [-0.39, 0.29) is 11.3 Å². The van der Waals surface area contributed by atoms with Gasteiger partial charge in [-0.25, -0.2) is 4.98 Å². The van der Waals surface area contributed by atoms with Gasteiger partial charge in [-0.1, -0.05) is 18.2 Å². The van der Waals surface area contributed by atoms with Crippen molar-refractivity contribution in [1.29, 1.82) is 0 Å². The highest BCUT2D eigenvalue weighted by atomic mass is 16.5. The summed E-state index contributed by atoms with van der Waals surface area (Å²) in [6.07, 6.45) is 4.27. The number of carbonyl (C=O) groups is 1. The quantitative estimate of drug-likeness (QED) is 0.906. The maximum Gasteiger partial charge on any atom is 0.226 e. The number of benzene rings is 1. The Bertz CT molecular complexity index is 714. The van der Waals surface area contributed by atoms with Crippen LogP contribution in [-0.2, 0) is 4.79 Å². The number of nitrogens with one attached hydrogen (secondary N) is 2. The lowest BCUT2D eigenvalue weighted by Crippen LogP contribution is -2.46. The van der Waals surface area contributed by atoms with Crippen molar-refractivity contribution >= 4 is 11.9 Å². The summed E-state index contributed by atoms with van der Waals surface area (Å²) in [6.45, 7) is 0.794. The standard InChI is InChI=1S/C17H18N4O2/c22-14-10-17(11-19-14)8-12(9-17)20-16-18-7-6-15(21-16)23-13-4-2-1-3-5-13/h1-7,12H,8-11H2,(H,19,22)(H,18,20,21). The Labute approximate surface area is 134 Å². The van der Waals surface area contributed by atoms with Gasteiger partial charge in [0, 0.05) is 36.7 Å². The molecule has 2 fully saturated rings. The van der Waals surface area contributed by atoms with E-state index >= 15 is 0 Å². The fourth-order valence-electron chi connectivity index (χ4n) is 3.39. The van der Waals surface area contributed by atoms with Gasteiger partial charge in [0.05, 0.1) is 0 Å². The summed E-state index contributed by atoms with van der Waals surface area (Å²) in [6, 6.07) is 11.6. The SMILES string of the molecule is O=C1CC2(CN1)CC(Nc1nccc(Oc3ccccc3)n1)C2. The maximum atomic E-state index is 11.4. The first-order valence-electron chi connectivity index (χ1n) is 7.80. The fraction of sp³-hybridized carbons (Fsp3) is 0.353. The summed E-state index contributed by atoms with van der Waals surface area (Å²) in [5, 5.41) is 6.24. The number of amides is 1. The number of carbonyl (C=O) groups excluding carboxylic acids is 1. The Balaban J connectivity index is 1.37. The number of nitrogens with zero attached hydrogens (tertiary/aromatic N) is 2. The lowest BCUT2D eigenvalue weighted by Gasteiger charge is -2.44. The Kier molecular flexibility index (Phi) is 3.37. The topological polar surface area (TPSA) is 76.1 Å². The van der Waals surface area contributed by atoms with Crippen molar-refractivity contribution in [3.63, 3.8) is 0 Å². The van der Waals surface area contributed by atoms with Crippen molar-refractivity contribution in [1.82, 2.24) is 15.3 Å². The molecule has 0 bridgehead atoms. The van der Waals surface area contributed by atoms with E-state index in [1.165, 1.54) is 0 Å². The zero-order valence-corrected chi connectivity index (χ0v) is 12.7. The average Bonchev–Trinajstić information content (AvgIpc) is 2.90. The predicted molar refractivity (Wildman–Crippen MR) is 85.3 cm³/mol. The number of hydrogen-bond acceptors (Lipinski definition) is 5. The summed E-state index contributed by atoms with van der Waals surface area (Å²) in [5.41, 5.74) is 0.146. The average molecular weight is 310 g/mol. The molecule has 1 aliphatic heterocycles. The molecular formula is C17H18N4O2. The lowest BCUT2D eigenvalue weighted by molar-refractivity contribution is -0.120. The summed E-state index contributed by atoms with van der Waals surface area (Å²) in [5.74, 6) is 1.99. The monoisotopic (exact) mass is 310 g/mol. The molecule has 1 amide bonds. The van der Waals surface area contributed by atoms with Crippen LogP contribution in [0.25, 0.3) is 0 Å². The highest BCUT2D eigenvalue weighted by Crippen LogP contribution is 2.46. The summed E-state index contributed by atoms with van der Waals surface area (Å²) < 4.78 is 5.71. The van der Waals surface area contributed by atoms with E-state index in [2.05, 4.69) is 20.6 Å². The minimum atomic E-state index is 0.146. The Morgan fingerprint density at radius 3 is 2.78 bits per heavy atom. The van der Waals surface area contributed by atoms with Crippen LogP contribution >= 0.6 is 0 Å². The second-order valence-electron chi connectivity index (χ2n) is 6.34. The van der Waals surface area contributed by atoms with Crippen molar-refractivity contribution in [2.75, 3.05) is 11.9 Å². The molecule has 0 unspecified atom stereocenters. The molecular weight excluding hydrogens is 292 g/mol. The van der Waals surface area contributed by atoms with Crippen LogP contribution in [0.5, 0.6) is 11.6 Å². The van der Waals surface area contributed by atoms with Crippen LogP contribution in [0.3, 0.4) is 0 Å². The number of rotatable bonds is 4. The van der Waals surface area contributed by atoms with E-state index in [1.54, 1.807) is 12.3 Å². The lowest BCUT2D eigenvalue weighted by atomic mass is 9.65. The molecule has 1 aromatic carbocycles. The third kappa shape index (κ3) is 2.97. The summed E-state index contributed by atoms with van der Waals surface area (Å²) >= 11 is 0. The van der Waals surface area contributed by atoms with Crippen LogP contribution in [0.4, 0.5) is 5.95 Å². The summed E-state index contributed by atoms with van der Waals surface area (Å²) in [7, 11) is 0. The number of anilines is 1. The van der Waals surface area contributed by atoms with Gasteiger partial charge in [0.15, 0.2) is 0 Å². The molecule has 0 atom stereocenters. The second-order valence-corrected chi connectivity index (χ2v) is 6.34. The van der Waals surface area contributed by atoms with E-state index in [0.717, 1.165) is 25.1 Å². The molecule has 0 radical (unpaired) electrons. The highest BCUT2D eigenvalue weighted by molar-refractivity contribution is 5.79. The van der Waals surface area contributed by atoms with Gasteiger partial charge in [-0.2, -0.15) is 4.98 Å². The van der Waals surface area contributed by atoms with Crippen LogP contribution in [0.1, 0.15) is 19.3 Å². The van der Waals surface area contributed by atoms with Gasteiger partial charge in [0.2, 0.25) is 17.7 Å². The van der Waals surface area contributed by atoms with Crippen LogP contribution in [0.15, 0.2) is 42.6 Å². The van der Waals surface area contributed by atoms with Gasteiger partial charge in [0.1, 0.15) is 5.75 Å². The first-order valence-corrected chi connectivity index (χ1v) is 7.80. The molecule has 6 nitrogen and oxygen atoms in total. The molecule has 1 saturated heterocycles. The minimum absolute atomic E-state index is 0.146. The molecule has 2 heterocycles. The van der Waals surface area contributed by atoms with Crippen LogP contribution in [-0.4, -0.2) is 28.5 Å². The van der Waals surface area contributed by atoms with Crippen molar-refractivity contribution < 1.29 is 9.53 Å². The molecule has 23 heavy (non-hydrogen) atoms. The van der Waals surface area contributed by atoms with Crippen molar-refractivity contribution in [2.45, 2.75) is 25.3 Å². The molecule has 2 aromatic rings. The zero-order chi connectivity index (χ0) is 15.7. The van der Waals surface area contributed by atoms with Crippen LogP contribution < -0.4 is 15.4 Å². The molecule has 4 rings (SSSR count). The maximum absolute atomic E-state index is 11.4. The normalized spacial score (nSPS) is 25.7. The number of hydrogen-bond donors (Lipinski definition) is 2. The second kappa shape index (κ2) is 5.53. The Hall–Kier alpha value is -2.63. The third-order valence-corrected chi connectivity index (χ3v) is 4.48. The highest BCUT2D eigenvalue weighted by Gasteiger charge is 2.49. The molecule has 1 aromatic heterocycles. The van der Waals surface area contributed by atoms with E-state index in [4.69, 9.17) is 4.74 Å². The van der Waals surface area contributed by atoms with Gasteiger partial charge in [-0.15, -0.1) is 0 Å². The zero-order valence-electron chi connectivity index (χ0n) is 12.7. The molecule has 2 aliphatic rings. The predicted octanol–water partition coefficient (Wildman–Crippen LogP) is 2.35. The number of aromatic nitrogens is 2. The molecule has 118 valence electrons. The number of para-hydroxylation sites is 1. The van der Waals surface area contributed by atoms with E-state index in [0.29, 0.717) is 24.3 Å². The summed E-state index contributed by atoms with van der Waals surface area (Å²) in [4.78, 5) is 20.0. The smallest absolute Gasteiger partial charge is 0.226 e. The molecule has 2 N–H and O–H groups in total. The molecule has 1 spiro atoms.